The van der Waals surface area contributed by atoms with Crippen LogP contribution >= 0.6 is 0 Å². The Morgan fingerprint density at radius 3 is 2.80 bits per heavy atom. The zero-order chi connectivity index (χ0) is 14.1. The molecule has 20 heavy (non-hydrogen) atoms. The van der Waals surface area contributed by atoms with Crippen LogP contribution in [0.25, 0.3) is 0 Å². The molecule has 1 fully saturated rings. The van der Waals surface area contributed by atoms with Gasteiger partial charge >= 0.3 is 0 Å². The van der Waals surface area contributed by atoms with Gasteiger partial charge < -0.3 is 5.11 Å². The highest BCUT2D eigenvalue weighted by atomic mass is 16.3. The van der Waals surface area contributed by atoms with Crippen molar-refractivity contribution in [3.8, 4) is 0 Å². The molecule has 1 aliphatic carbocycles. The maximum atomic E-state index is 10.5. The number of aryl methyl sites for hydroxylation is 2. The second-order valence-electron chi connectivity index (χ2n) is 5.77. The van der Waals surface area contributed by atoms with Gasteiger partial charge in [-0.05, 0) is 42.4 Å². The van der Waals surface area contributed by atoms with Gasteiger partial charge in [-0.3, -0.25) is 4.68 Å². The Balaban J connectivity index is 1.76. The van der Waals surface area contributed by atoms with Crippen LogP contribution in [0.15, 0.2) is 30.3 Å². The smallest absolute Gasteiger partial charge is 0.0845 e. The fourth-order valence-corrected chi connectivity index (χ4v) is 2.69. The molecule has 106 valence electrons. The normalized spacial score (nSPS) is 16.4. The summed E-state index contributed by atoms with van der Waals surface area (Å²) < 4.78 is 1.88. The third-order valence-electron chi connectivity index (χ3n) is 4.14. The molecule has 2 aromatic rings. The maximum absolute atomic E-state index is 10.5. The number of benzene rings is 1. The molecule has 3 nitrogen and oxygen atoms in total. The van der Waals surface area contributed by atoms with Crippen molar-refractivity contribution in [2.75, 3.05) is 0 Å². The first kappa shape index (κ1) is 13.4. The second-order valence-corrected chi connectivity index (χ2v) is 5.77. The summed E-state index contributed by atoms with van der Waals surface area (Å²) in [6.07, 6.45) is 3.69. The molecule has 1 heterocycles. The van der Waals surface area contributed by atoms with Gasteiger partial charge in [-0.15, -0.1) is 0 Å². The molecule has 1 aromatic carbocycles. The van der Waals surface area contributed by atoms with Crippen molar-refractivity contribution in [2.24, 2.45) is 7.05 Å². The Morgan fingerprint density at radius 1 is 1.35 bits per heavy atom. The highest BCUT2D eigenvalue weighted by molar-refractivity contribution is 5.31. The highest BCUT2D eigenvalue weighted by Crippen LogP contribution is 2.40. The fourth-order valence-electron chi connectivity index (χ4n) is 2.69. The lowest BCUT2D eigenvalue weighted by Crippen LogP contribution is -2.06. The van der Waals surface area contributed by atoms with E-state index in [1.807, 2.05) is 17.8 Å². The van der Waals surface area contributed by atoms with E-state index in [1.165, 1.54) is 18.4 Å². The second kappa shape index (κ2) is 5.41. The van der Waals surface area contributed by atoms with Gasteiger partial charge in [0.05, 0.1) is 11.8 Å². The van der Waals surface area contributed by atoms with Crippen LogP contribution < -0.4 is 0 Å². The predicted octanol–water partition coefficient (Wildman–Crippen LogP) is 3.14. The molecular weight excluding hydrogens is 248 g/mol. The molecule has 3 rings (SSSR count). The summed E-state index contributed by atoms with van der Waals surface area (Å²) in [5.41, 5.74) is 4.57. The number of nitrogens with zero attached hydrogens (tertiary/aromatic N) is 2. The van der Waals surface area contributed by atoms with Gasteiger partial charge in [-0.1, -0.05) is 31.2 Å². The first-order chi connectivity index (χ1) is 9.67. The van der Waals surface area contributed by atoms with Crippen LogP contribution in [-0.4, -0.2) is 14.9 Å². The van der Waals surface area contributed by atoms with Crippen LogP contribution in [0.4, 0.5) is 0 Å². The Labute approximate surface area is 120 Å². The summed E-state index contributed by atoms with van der Waals surface area (Å²) in [7, 11) is 1.95. The number of hydrogen-bond acceptors (Lipinski definition) is 2. The van der Waals surface area contributed by atoms with Crippen LogP contribution in [0.5, 0.6) is 0 Å². The molecule has 1 unspecified atom stereocenters. The number of rotatable bonds is 5. The molecule has 1 aromatic heterocycles. The maximum Gasteiger partial charge on any atom is 0.0845 e. The van der Waals surface area contributed by atoms with E-state index >= 15 is 0 Å². The van der Waals surface area contributed by atoms with E-state index in [9.17, 15) is 5.11 Å². The van der Waals surface area contributed by atoms with Crippen molar-refractivity contribution in [1.29, 1.82) is 0 Å². The zero-order valence-electron chi connectivity index (χ0n) is 12.2. The van der Waals surface area contributed by atoms with E-state index in [4.69, 9.17) is 0 Å². The number of aliphatic hydroxyl groups excluding tert-OH is 1. The molecule has 3 heteroatoms. The Kier molecular flexibility index (Phi) is 3.62. The first-order valence-corrected chi connectivity index (χ1v) is 7.47. The van der Waals surface area contributed by atoms with Gasteiger partial charge in [0.2, 0.25) is 0 Å². The Hall–Kier alpha value is -1.61. The van der Waals surface area contributed by atoms with Gasteiger partial charge in [0.1, 0.15) is 0 Å². The van der Waals surface area contributed by atoms with E-state index < -0.39 is 6.10 Å². The molecule has 0 bridgehead atoms. The SMILES string of the molecule is CCc1cc(CC(O)c2cccc(C3CC3)c2)n(C)n1. The van der Waals surface area contributed by atoms with Crippen LogP contribution in [0.2, 0.25) is 0 Å². The molecule has 1 N–H and O–H groups in total. The van der Waals surface area contributed by atoms with E-state index in [2.05, 4.69) is 36.3 Å². The Morgan fingerprint density at radius 2 is 2.15 bits per heavy atom. The van der Waals surface area contributed by atoms with Gasteiger partial charge in [0.15, 0.2) is 0 Å². The van der Waals surface area contributed by atoms with Gasteiger partial charge in [0, 0.05) is 19.2 Å². The van der Waals surface area contributed by atoms with Gasteiger partial charge in [0.25, 0.3) is 0 Å². The van der Waals surface area contributed by atoms with E-state index in [1.54, 1.807) is 0 Å². The molecule has 1 aliphatic rings. The first-order valence-electron chi connectivity index (χ1n) is 7.47. The molecule has 1 saturated carbocycles. The summed E-state index contributed by atoms with van der Waals surface area (Å²) in [4.78, 5) is 0. The largest absolute Gasteiger partial charge is 0.388 e. The van der Waals surface area contributed by atoms with Gasteiger partial charge in [-0.25, -0.2) is 0 Å². The summed E-state index contributed by atoms with van der Waals surface area (Å²) in [5.74, 6) is 0.727. The predicted molar refractivity (Wildman–Crippen MR) is 79.7 cm³/mol. The average molecular weight is 270 g/mol. The monoisotopic (exact) mass is 270 g/mol. The van der Waals surface area contributed by atoms with Crippen molar-refractivity contribution in [2.45, 2.75) is 44.6 Å². The third kappa shape index (κ3) is 2.78. The highest BCUT2D eigenvalue weighted by Gasteiger charge is 2.24. The summed E-state index contributed by atoms with van der Waals surface area (Å²) in [6.45, 7) is 2.10. The standard InChI is InChI=1S/C17H22N2O/c1-3-15-10-16(19(2)18-15)11-17(20)14-6-4-5-13(9-14)12-7-8-12/h4-6,9-10,12,17,20H,3,7-8,11H2,1-2H3. The fraction of sp³-hybridized carbons (Fsp3) is 0.471. The van der Waals surface area contributed by atoms with Crippen molar-refractivity contribution in [3.05, 3.63) is 52.8 Å². The summed E-state index contributed by atoms with van der Waals surface area (Å²) in [6, 6.07) is 10.5. The summed E-state index contributed by atoms with van der Waals surface area (Å²) in [5, 5.41) is 14.9. The number of aliphatic hydroxyl groups is 1. The van der Waals surface area contributed by atoms with Crippen molar-refractivity contribution in [1.82, 2.24) is 9.78 Å². The third-order valence-corrected chi connectivity index (χ3v) is 4.14. The molecule has 0 aliphatic heterocycles. The minimum absolute atomic E-state index is 0.450. The summed E-state index contributed by atoms with van der Waals surface area (Å²) >= 11 is 0. The van der Waals surface area contributed by atoms with Gasteiger partial charge in [-0.2, -0.15) is 5.10 Å². The Bertz CT molecular complexity index is 599. The molecule has 0 saturated heterocycles. The average Bonchev–Trinajstić information content (AvgIpc) is 3.25. The quantitative estimate of drug-likeness (QED) is 0.906. The van der Waals surface area contributed by atoms with Crippen LogP contribution in [0, 0.1) is 0 Å². The van der Waals surface area contributed by atoms with Crippen LogP contribution in [0.1, 0.15) is 54.3 Å². The molecule has 0 radical (unpaired) electrons. The van der Waals surface area contributed by atoms with Crippen LogP contribution in [-0.2, 0) is 19.9 Å². The molecule has 0 spiro atoms. The van der Waals surface area contributed by atoms with Crippen molar-refractivity contribution < 1.29 is 5.11 Å². The lowest BCUT2D eigenvalue weighted by molar-refractivity contribution is 0.175. The molecular formula is C17H22N2O. The molecule has 1 atom stereocenters. The van der Waals surface area contributed by atoms with Crippen molar-refractivity contribution in [3.63, 3.8) is 0 Å². The number of aromatic nitrogens is 2. The van der Waals surface area contributed by atoms with E-state index in [-0.39, 0.29) is 0 Å². The molecule has 0 amide bonds. The minimum Gasteiger partial charge on any atom is -0.388 e. The zero-order valence-corrected chi connectivity index (χ0v) is 12.2. The lowest BCUT2D eigenvalue weighted by atomic mass is 10.0. The lowest BCUT2D eigenvalue weighted by Gasteiger charge is -2.12. The van der Waals surface area contributed by atoms with Crippen LogP contribution in [0.3, 0.4) is 0 Å². The van der Waals surface area contributed by atoms with E-state index in [0.29, 0.717) is 6.42 Å². The minimum atomic E-state index is -0.450. The van der Waals surface area contributed by atoms with E-state index in [0.717, 1.165) is 29.3 Å². The van der Waals surface area contributed by atoms with Crippen molar-refractivity contribution >= 4 is 0 Å². The topological polar surface area (TPSA) is 38.0 Å². The number of hydrogen-bond donors (Lipinski definition) is 1.